The smallest absolute Gasteiger partial charge is 0.227 e. The van der Waals surface area contributed by atoms with Crippen molar-refractivity contribution in [3.05, 3.63) is 23.0 Å². The van der Waals surface area contributed by atoms with Gasteiger partial charge in [-0.1, -0.05) is 13.8 Å². The first-order valence-corrected chi connectivity index (χ1v) is 7.66. The Balaban J connectivity index is 2.41. The van der Waals surface area contributed by atoms with Crippen molar-refractivity contribution >= 4 is 5.91 Å². The second kappa shape index (κ2) is 5.16. The van der Waals surface area contributed by atoms with Crippen LogP contribution in [0.1, 0.15) is 57.2 Å². The number of nitrogens with one attached hydrogen (secondary N) is 1. The van der Waals surface area contributed by atoms with Gasteiger partial charge >= 0.3 is 0 Å². The van der Waals surface area contributed by atoms with Crippen LogP contribution in [0.25, 0.3) is 0 Å². The van der Waals surface area contributed by atoms with E-state index >= 15 is 0 Å². The minimum absolute atomic E-state index is 0.0416. The number of fused-ring (bicyclic) bond motifs is 1. The van der Waals surface area contributed by atoms with Crippen molar-refractivity contribution in [2.75, 3.05) is 7.05 Å². The standard InChI is InChI=1S/C17H28N2O2/c1-11-7-12-13(8-16(2,3)9-14(12)20)19(11)10-17(4,5)15(21)18-6/h7,14,20H,8-10H2,1-6H3,(H,18,21). The fourth-order valence-electron chi connectivity index (χ4n) is 3.43. The summed E-state index contributed by atoms with van der Waals surface area (Å²) in [4.78, 5) is 12.1. The molecule has 0 bridgehead atoms. The van der Waals surface area contributed by atoms with Crippen LogP contribution in [-0.2, 0) is 17.8 Å². The quantitative estimate of drug-likeness (QED) is 0.899. The van der Waals surface area contributed by atoms with E-state index in [1.165, 1.54) is 5.69 Å². The first-order chi connectivity index (χ1) is 9.57. The summed E-state index contributed by atoms with van der Waals surface area (Å²) in [6.45, 7) is 11.0. The van der Waals surface area contributed by atoms with E-state index in [4.69, 9.17) is 0 Å². The molecule has 0 aliphatic heterocycles. The number of carbonyl (C=O) groups excluding carboxylic acids is 1. The Kier molecular flexibility index (Phi) is 3.96. The zero-order valence-electron chi connectivity index (χ0n) is 14.1. The maximum atomic E-state index is 12.1. The Morgan fingerprint density at radius 1 is 1.52 bits per heavy atom. The zero-order chi connectivity index (χ0) is 16.0. The van der Waals surface area contributed by atoms with Gasteiger partial charge in [0.15, 0.2) is 0 Å². The van der Waals surface area contributed by atoms with E-state index in [2.05, 4.69) is 36.7 Å². The third-order valence-electron chi connectivity index (χ3n) is 4.60. The molecule has 0 fully saturated rings. The molecular formula is C17H28N2O2. The second-order valence-corrected chi connectivity index (χ2v) is 7.80. The fourth-order valence-corrected chi connectivity index (χ4v) is 3.43. The van der Waals surface area contributed by atoms with Crippen LogP contribution in [0.15, 0.2) is 6.07 Å². The lowest BCUT2D eigenvalue weighted by Gasteiger charge is -2.35. The third kappa shape index (κ3) is 3.00. The Bertz CT molecular complexity index is 555. The highest BCUT2D eigenvalue weighted by molar-refractivity contribution is 5.81. The number of hydrogen-bond acceptors (Lipinski definition) is 2. The summed E-state index contributed by atoms with van der Waals surface area (Å²) < 4.78 is 2.22. The lowest BCUT2D eigenvalue weighted by Crippen LogP contribution is -2.38. The molecule has 2 rings (SSSR count). The van der Waals surface area contributed by atoms with Crippen LogP contribution in [0, 0.1) is 17.8 Å². The maximum Gasteiger partial charge on any atom is 0.227 e. The molecule has 1 atom stereocenters. The number of rotatable bonds is 3. The van der Waals surface area contributed by atoms with Crippen LogP contribution >= 0.6 is 0 Å². The number of nitrogens with zero attached hydrogens (tertiary/aromatic N) is 1. The summed E-state index contributed by atoms with van der Waals surface area (Å²) in [5, 5.41) is 13.1. The van der Waals surface area contributed by atoms with Gasteiger partial charge in [-0.3, -0.25) is 4.79 Å². The highest BCUT2D eigenvalue weighted by atomic mass is 16.3. The molecule has 1 amide bonds. The van der Waals surface area contributed by atoms with E-state index in [9.17, 15) is 9.90 Å². The van der Waals surface area contributed by atoms with Gasteiger partial charge < -0.3 is 15.0 Å². The SMILES string of the molecule is CNC(=O)C(C)(C)Cn1c(C)cc2c1CC(C)(C)CC2O. The zero-order valence-corrected chi connectivity index (χ0v) is 14.1. The van der Waals surface area contributed by atoms with Crippen LogP contribution in [0.4, 0.5) is 0 Å². The van der Waals surface area contributed by atoms with Crippen molar-refractivity contribution in [1.29, 1.82) is 0 Å². The van der Waals surface area contributed by atoms with Crippen LogP contribution in [0.3, 0.4) is 0 Å². The fraction of sp³-hybridized carbons (Fsp3) is 0.706. The summed E-state index contributed by atoms with van der Waals surface area (Å²) in [5.74, 6) is 0.0416. The Hall–Kier alpha value is -1.29. The van der Waals surface area contributed by atoms with Gasteiger partial charge in [0.2, 0.25) is 5.91 Å². The molecule has 0 aromatic carbocycles. The Morgan fingerprint density at radius 3 is 2.71 bits per heavy atom. The molecule has 1 heterocycles. The Labute approximate surface area is 127 Å². The number of aryl methyl sites for hydroxylation is 1. The lowest BCUT2D eigenvalue weighted by atomic mass is 9.75. The molecule has 0 spiro atoms. The maximum absolute atomic E-state index is 12.1. The molecule has 2 N–H and O–H groups in total. The number of aliphatic hydroxyl groups is 1. The first kappa shape index (κ1) is 16.1. The molecule has 1 unspecified atom stereocenters. The number of aromatic nitrogens is 1. The van der Waals surface area contributed by atoms with Gasteiger partial charge in [0.05, 0.1) is 11.5 Å². The molecule has 118 valence electrons. The Morgan fingerprint density at radius 2 is 2.14 bits per heavy atom. The van der Waals surface area contributed by atoms with E-state index in [0.717, 1.165) is 24.1 Å². The van der Waals surface area contributed by atoms with E-state index in [1.54, 1.807) is 7.05 Å². The molecule has 0 radical (unpaired) electrons. The van der Waals surface area contributed by atoms with Gasteiger partial charge in [0.25, 0.3) is 0 Å². The van der Waals surface area contributed by atoms with Crippen molar-refractivity contribution in [2.24, 2.45) is 10.8 Å². The van der Waals surface area contributed by atoms with Crippen molar-refractivity contribution in [3.63, 3.8) is 0 Å². The van der Waals surface area contributed by atoms with E-state index < -0.39 is 11.5 Å². The lowest BCUT2D eigenvalue weighted by molar-refractivity contribution is -0.129. The second-order valence-electron chi connectivity index (χ2n) is 7.80. The molecule has 1 aliphatic rings. The van der Waals surface area contributed by atoms with E-state index in [0.29, 0.717) is 6.54 Å². The van der Waals surface area contributed by atoms with Gasteiger partial charge in [0.1, 0.15) is 0 Å². The molecule has 4 heteroatoms. The molecule has 4 nitrogen and oxygen atoms in total. The molecule has 0 saturated carbocycles. The summed E-state index contributed by atoms with van der Waals surface area (Å²) in [5.41, 5.74) is 2.96. The minimum atomic E-state index is -0.473. The van der Waals surface area contributed by atoms with Crippen molar-refractivity contribution in [2.45, 2.75) is 60.1 Å². The summed E-state index contributed by atoms with van der Waals surface area (Å²) in [6, 6.07) is 2.08. The highest BCUT2D eigenvalue weighted by Crippen LogP contribution is 2.42. The van der Waals surface area contributed by atoms with Gasteiger partial charge in [-0.25, -0.2) is 0 Å². The summed E-state index contributed by atoms with van der Waals surface area (Å²) >= 11 is 0. The molecule has 1 aromatic heterocycles. The topological polar surface area (TPSA) is 54.3 Å². The van der Waals surface area contributed by atoms with E-state index in [-0.39, 0.29) is 11.3 Å². The van der Waals surface area contributed by atoms with Crippen LogP contribution in [0.5, 0.6) is 0 Å². The molecular weight excluding hydrogens is 264 g/mol. The van der Waals surface area contributed by atoms with Gasteiger partial charge in [0, 0.05) is 30.5 Å². The third-order valence-corrected chi connectivity index (χ3v) is 4.60. The molecule has 1 aromatic rings. The van der Waals surface area contributed by atoms with E-state index in [1.807, 2.05) is 13.8 Å². The monoisotopic (exact) mass is 292 g/mol. The van der Waals surface area contributed by atoms with Crippen molar-refractivity contribution < 1.29 is 9.90 Å². The molecule has 21 heavy (non-hydrogen) atoms. The first-order valence-electron chi connectivity index (χ1n) is 7.66. The largest absolute Gasteiger partial charge is 0.388 e. The van der Waals surface area contributed by atoms with Crippen LogP contribution in [-0.4, -0.2) is 22.6 Å². The highest BCUT2D eigenvalue weighted by Gasteiger charge is 2.36. The predicted octanol–water partition coefficient (Wildman–Crippen LogP) is 2.57. The number of hydrogen-bond donors (Lipinski definition) is 2. The van der Waals surface area contributed by atoms with Gasteiger partial charge in [-0.2, -0.15) is 0 Å². The van der Waals surface area contributed by atoms with Crippen molar-refractivity contribution in [1.82, 2.24) is 9.88 Å². The average Bonchev–Trinajstić information content (AvgIpc) is 2.64. The predicted molar refractivity (Wildman–Crippen MR) is 84.1 cm³/mol. The summed E-state index contributed by atoms with van der Waals surface area (Å²) in [6.07, 6.45) is 1.34. The van der Waals surface area contributed by atoms with Crippen LogP contribution < -0.4 is 5.32 Å². The van der Waals surface area contributed by atoms with Gasteiger partial charge in [-0.15, -0.1) is 0 Å². The van der Waals surface area contributed by atoms with Gasteiger partial charge in [-0.05, 0) is 45.1 Å². The summed E-state index contributed by atoms with van der Waals surface area (Å²) in [7, 11) is 1.68. The number of carbonyl (C=O) groups is 1. The van der Waals surface area contributed by atoms with Crippen LogP contribution in [0.2, 0.25) is 0 Å². The minimum Gasteiger partial charge on any atom is -0.388 e. The average molecular weight is 292 g/mol. The number of aliphatic hydroxyl groups excluding tert-OH is 1. The normalized spacial score (nSPS) is 21.0. The number of amides is 1. The molecule has 1 aliphatic carbocycles. The van der Waals surface area contributed by atoms with Crippen molar-refractivity contribution in [3.8, 4) is 0 Å². The molecule has 0 saturated heterocycles.